The molecule has 0 aliphatic heterocycles. The molecule has 1 aromatic heterocycles. The number of aromatic nitrogens is 1. The molecule has 0 fully saturated rings. The smallest absolute Gasteiger partial charge is 0.434 e. The first-order valence-corrected chi connectivity index (χ1v) is 8.38. The summed E-state index contributed by atoms with van der Waals surface area (Å²) in [7, 11) is 0. The highest BCUT2D eigenvalue weighted by molar-refractivity contribution is 7.13. The molecule has 26 heavy (non-hydrogen) atoms. The third-order valence-electron chi connectivity index (χ3n) is 3.58. The number of amides is 1. The highest BCUT2D eigenvalue weighted by Crippen LogP contribution is 2.32. The number of carboxylic acid groups (broad SMARTS) is 1. The third-order valence-corrected chi connectivity index (χ3v) is 4.34. The van der Waals surface area contributed by atoms with Crippen LogP contribution < -0.4 is 10.6 Å². The fourth-order valence-electron chi connectivity index (χ4n) is 1.99. The van der Waals surface area contributed by atoms with Gasteiger partial charge in [0, 0.05) is 11.1 Å². The zero-order valence-corrected chi connectivity index (χ0v) is 14.6. The van der Waals surface area contributed by atoms with E-state index in [1.807, 2.05) is 0 Å². The number of nitrogens with zero attached hydrogens (tertiary/aromatic N) is 1. The maximum atomic E-state index is 12.5. The van der Waals surface area contributed by atoms with E-state index in [4.69, 9.17) is 5.11 Å². The van der Waals surface area contributed by atoms with Gasteiger partial charge >= 0.3 is 12.1 Å². The Bertz CT molecular complexity index is 790. The molecule has 6 nitrogen and oxygen atoms in total. The Balaban J connectivity index is 2.02. The summed E-state index contributed by atoms with van der Waals surface area (Å²) < 4.78 is 37.6. The molecule has 0 spiro atoms. The minimum Gasteiger partial charge on any atom is -0.480 e. The van der Waals surface area contributed by atoms with Crippen LogP contribution in [0.4, 0.5) is 24.0 Å². The predicted octanol–water partition coefficient (Wildman–Crippen LogP) is 3.60. The maximum absolute atomic E-state index is 12.5. The molecule has 1 amide bonds. The van der Waals surface area contributed by atoms with Crippen LogP contribution in [-0.2, 0) is 15.8 Å². The molecule has 2 rings (SSSR count). The van der Waals surface area contributed by atoms with Crippen LogP contribution in [0.25, 0.3) is 0 Å². The molecule has 0 aliphatic carbocycles. The van der Waals surface area contributed by atoms with Gasteiger partial charge in [-0.05, 0) is 31.5 Å². The van der Waals surface area contributed by atoms with Gasteiger partial charge in [0.05, 0.1) is 5.92 Å². The summed E-state index contributed by atoms with van der Waals surface area (Å²) in [6.07, 6.45) is -4.49. The van der Waals surface area contributed by atoms with Crippen LogP contribution in [0.5, 0.6) is 0 Å². The fourth-order valence-corrected chi connectivity index (χ4v) is 2.73. The largest absolute Gasteiger partial charge is 0.480 e. The van der Waals surface area contributed by atoms with Gasteiger partial charge in [-0.1, -0.05) is 12.1 Å². The van der Waals surface area contributed by atoms with Gasteiger partial charge in [-0.2, -0.15) is 13.2 Å². The summed E-state index contributed by atoms with van der Waals surface area (Å²) in [6, 6.07) is 5.48. The summed E-state index contributed by atoms with van der Waals surface area (Å²) >= 11 is 0.834. The van der Waals surface area contributed by atoms with Gasteiger partial charge in [0.25, 0.3) is 0 Å². The normalized spacial score (nSPS) is 13.7. The number of thiazole rings is 1. The third kappa shape index (κ3) is 4.94. The van der Waals surface area contributed by atoms with Crippen molar-refractivity contribution >= 4 is 34.0 Å². The lowest BCUT2D eigenvalue weighted by Gasteiger charge is -2.15. The van der Waals surface area contributed by atoms with Crippen molar-refractivity contribution in [2.24, 2.45) is 0 Å². The Morgan fingerprint density at radius 2 is 1.81 bits per heavy atom. The Hall–Kier alpha value is -2.62. The van der Waals surface area contributed by atoms with E-state index in [1.54, 1.807) is 31.2 Å². The SMILES string of the molecule is C[C@H](C(=O)N[C@H](C)C(=O)O)c1ccc(Nc2nc(C(F)(F)F)cs2)cc1. The summed E-state index contributed by atoms with van der Waals surface area (Å²) in [4.78, 5) is 26.3. The van der Waals surface area contributed by atoms with Crippen molar-refractivity contribution < 1.29 is 27.9 Å². The molecular formula is C16H16F3N3O3S. The molecule has 0 saturated heterocycles. The van der Waals surface area contributed by atoms with Crippen molar-refractivity contribution in [3.05, 3.63) is 40.9 Å². The number of carbonyl (C=O) groups is 2. The number of alkyl halides is 3. The molecule has 140 valence electrons. The monoisotopic (exact) mass is 387 g/mol. The summed E-state index contributed by atoms with van der Waals surface area (Å²) in [6.45, 7) is 2.99. The minimum atomic E-state index is -4.49. The van der Waals surface area contributed by atoms with Crippen molar-refractivity contribution in [3.8, 4) is 0 Å². The second kappa shape index (κ2) is 7.73. The van der Waals surface area contributed by atoms with Crippen molar-refractivity contribution in [3.63, 3.8) is 0 Å². The van der Waals surface area contributed by atoms with E-state index in [0.717, 1.165) is 16.7 Å². The number of carbonyl (C=O) groups excluding carboxylic acids is 1. The molecule has 2 atom stereocenters. The lowest BCUT2D eigenvalue weighted by Crippen LogP contribution is -2.40. The number of halogens is 3. The van der Waals surface area contributed by atoms with Gasteiger partial charge in [0.2, 0.25) is 5.91 Å². The molecule has 2 aromatic rings. The minimum absolute atomic E-state index is 0.103. The van der Waals surface area contributed by atoms with Crippen molar-refractivity contribution in [1.82, 2.24) is 10.3 Å². The van der Waals surface area contributed by atoms with Crippen LogP contribution in [0, 0.1) is 0 Å². The highest BCUT2D eigenvalue weighted by Gasteiger charge is 2.33. The molecule has 3 N–H and O–H groups in total. The van der Waals surface area contributed by atoms with Crippen LogP contribution in [0.2, 0.25) is 0 Å². The maximum Gasteiger partial charge on any atom is 0.434 e. The summed E-state index contributed by atoms with van der Waals surface area (Å²) in [5.41, 5.74) is 0.198. The van der Waals surface area contributed by atoms with E-state index in [0.29, 0.717) is 11.3 Å². The highest BCUT2D eigenvalue weighted by atomic mass is 32.1. The van der Waals surface area contributed by atoms with Crippen LogP contribution in [0.15, 0.2) is 29.6 Å². The lowest BCUT2D eigenvalue weighted by molar-refractivity contribution is -0.141. The van der Waals surface area contributed by atoms with Crippen LogP contribution >= 0.6 is 11.3 Å². The van der Waals surface area contributed by atoms with Gasteiger partial charge in [0.1, 0.15) is 6.04 Å². The fraction of sp³-hybridized carbons (Fsp3) is 0.312. The Labute approximate surface area is 151 Å². The first kappa shape index (κ1) is 19.7. The number of benzene rings is 1. The van der Waals surface area contributed by atoms with Crippen molar-refractivity contribution in [1.29, 1.82) is 0 Å². The Morgan fingerprint density at radius 3 is 2.31 bits per heavy atom. The van der Waals surface area contributed by atoms with Crippen LogP contribution in [0.1, 0.15) is 31.0 Å². The molecule has 0 radical (unpaired) electrons. The van der Waals surface area contributed by atoms with Gasteiger partial charge in [-0.15, -0.1) is 11.3 Å². The molecule has 10 heteroatoms. The van der Waals surface area contributed by atoms with Crippen LogP contribution in [0.3, 0.4) is 0 Å². The first-order chi connectivity index (χ1) is 12.1. The standard InChI is InChI=1S/C16H16F3N3O3S/c1-8(13(23)20-9(2)14(24)25)10-3-5-11(6-4-10)21-15-22-12(7-26-15)16(17,18)19/h3-9H,1-2H3,(H,20,23)(H,21,22)(H,24,25)/t8-,9+/m0/s1. The van der Waals surface area contributed by atoms with Gasteiger partial charge in [0.15, 0.2) is 10.8 Å². The lowest BCUT2D eigenvalue weighted by atomic mass is 10.00. The van der Waals surface area contributed by atoms with E-state index in [1.165, 1.54) is 6.92 Å². The molecule has 0 unspecified atom stereocenters. The van der Waals surface area contributed by atoms with Gasteiger partial charge < -0.3 is 15.7 Å². The van der Waals surface area contributed by atoms with Gasteiger partial charge in [-0.3, -0.25) is 9.59 Å². The predicted molar refractivity (Wildman–Crippen MR) is 90.5 cm³/mol. The second-order valence-electron chi connectivity index (χ2n) is 5.57. The van der Waals surface area contributed by atoms with E-state index in [9.17, 15) is 22.8 Å². The molecule has 0 bridgehead atoms. The molecule has 0 saturated carbocycles. The molecule has 1 heterocycles. The number of anilines is 2. The topological polar surface area (TPSA) is 91.3 Å². The molecule has 0 aliphatic rings. The summed E-state index contributed by atoms with van der Waals surface area (Å²) in [5, 5.41) is 15.0. The number of rotatable bonds is 6. The van der Waals surface area contributed by atoms with Crippen molar-refractivity contribution in [2.75, 3.05) is 5.32 Å². The van der Waals surface area contributed by atoms with E-state index < -0.39 is 35.7 Å². The zero-order valence-electron chi connectivity index (χ0n) is 13.8. The van der Waals surface area contributed by atoms with Gasteiger partial charge in [-0.25, -0.2) is 4.98 Å². The number of hydrogen-bond donors (Lipinski definition) is 3. The molecule has 1 aromatic carbocycles. The van der Waals surface area contributed by atoms with Crippen molar-refractivity contribution in [2.45, 2.75) is 32.0 Å². The number of hydrogen-bond acceptors (Lipinski definition) is 5. The second-order valence-corrected chi connectivity index (χ2v) is 6.43. The Kier molecular flexibility index (Phi) is 5.86. The van der Waals surface area contributed by atoms with E-state index in [-0.39, 0.29) is 5.13 Å². The molecular weight excluding hydrogens is 371 g/mol. The first-order valence-electron chi connectivity index (χ1n) is 7.51. The average molecular weight is 387 g/mol. The Morgan fingerprint density at radius 1 is 1.19 bits per heavy atom. The van der Waals surface area contributed by atoms with E-state index >= 15 is 0 Å². The number of nitrogens with one attached hydrogen (secondary N) is 2. The zero-order chi connectivity index (χ0) is 19.5. The average Bonchev–Trinajstić information content (AvgIpc) is 3.03. The van der Waals surface area contributed by atoms with Crippen LogP contribution in [-0.4, -0.2) is 28.0 Å². The number of carboxylic acids is 1. The summed E-state index contributed by atoms with van der Waals surface area (Å²) in [5.74, 6) is -2.15. The quantitative estimate of drug-likeness (QED) is 0.705. The van der Waals surface area contributed by atoms with E-state index in [2.05, 4.69) is 15.6 Å². The number of aliphatic carboxylic acids is 1.